The van der Waals surface area contributed by atoms with Crippen molar-refractivity contribution in [3.63, 3.8) is 0 Å². The van der Waals surface area contributed by atoms with Crippen LogP contribution < -0.4 is 5.32 Å². The van der Waals surface area contributed by atoms with Gasteiger partial charge in [-0.05, 0) is 38.7 Å². The topological polar surface area (TPSA) is 15.3 Å². The summed E-state index contributed by atoms with van der Waals surface area (Å²) in [6.45, 7) is 2.45. The largest absolute Gasteiger partial charge is 0.315 e. The number of benzene rings is 1. The number of nitrogens with zero attached hydrogens (tertiary/aromatic N) is 1. The van der Waals surface area contributed by atoms with E-state index in [1.165, 1.54) is 6.07 Å². The van der Waals surface area contributed by atoms with Crippen molar-refractivity contribution in [3.05, 3.63) is 35.4 Å². The summed E-state index contributed by atoms with van der Waals surface area (Å²) in [6.07, 6.45) is 0.511. The summed E-state index contributed by atoms with van der Waals surface area (Å²) in [5, 5.41) is 3.18. The third-order valence-electron chi connectivity index (χ3n) is 2.34. The van der Waals surface area contributed by atoms with E-state index in [1.807, 2.05) is 14.1 Å². The number of rotatable bonds is 6. The molecular formula is C12H18F2N2. The van der Waals surface area contributed by atoms with Crippen LogP contribution in [0.25, 0.3) is 0 Å². The zero-order valence-corrected chi connectivity index (χ0v) is 9.76. The predicted octanol–water partition coefficient (Wildman–Crippen LogP) is 1.66. The molecule has 1 rings (SSSR count). The number of nitrogens with one attached hydrogen (secondary N) is 1. The van der Waals surface area contributed by atoms with Gasteiger partial charge in [0.05, 0.1) is 0 Å². The average molecular weight is 228 g/mol. The van der Waals surface area contributed by atoms with Crippen LogP contribution in [-0.2, 0) is 6.42 Å². The third-order valence-corrected chi connectivity index (χ3v) is 2.34. The second kappa shape index (κ2) is 6.55. The molecular weight excluding hydrogens is 210 g/mol. The van der Waals surface area contributed by atoms with Crippen molar-refractivity contribution >= 4 is 0 Å². The Labute approximate surface area is 95.3 Å². The Bertz CT molecular complexity index is 327. The van der Waals surface area contributed by atoms with Gasteiger partial charge in [-0.1, -0.05) is 12.1 Å². The molecule has 0 fully saturated rings. The van der Waals surface area contributed by atoms with Crippen molar-refractivity contribution in [1.29, 1.82) is 0 Å². The minimum absolute atomic E-state index is 0.428. The Morgan fingerprint density at radius 2 is 1.94 bits per heavy atom. The molecule has 0 aliphatic heterocycles. The van der Waals surface area contributed by atoms with E-state index in [-0.39, 0.29) is 0 Å². The normalized spacial score (nSPS) is 11.1. The lowest BCUT2D eigenvalue weighted by atomic mass is 10.1. The van der Waals surface area contributed by atoms with Crippen LogP contribution >= 0.6 is 0 Å². The Hall–Kier alpha value is -1.00. The van der Waals surface area contributed by atoms with E-state index < -0.39 is 11.6 Å². The van der Waals surface area contributed by atoms with Gasteiger partial charge in [0, 0.05) is 13.1 Å². The van der Waals surface area contributed by atoms with Crippen molar-refractivity contribution in [1.82, 2.24) is 10.2 Å². The fourth-order valence-corrected chi connectivity index (χ4v) is 1.39. The Kier molecular flexibility index (Phi) is 5.35. The first-order valence-electron chi connectivity index (χ1n) is 5.39. The minimum Gasteiger partial charge on any atom is -0.315 e. The predicted molar refractivity (Wildman–Crippen MR) is 61.5 cm³/mol. The van der Waals surface area contributed by atoms with Crippen molar-refractivity contribution in [2.75, 3.05) is 33.7 Å². The second-order valence-electron chi connectivity index (χ2n) is 4.02. The molecule has 90 valence electrons. The summed E-state index contributed by atoms with van der Waals surface area (Å²) in [7, 11) is 3.99. The van der Waals surface area contributed by atoms with Crippen molar-refractivity contribution in [2.24, 2.45) is 0 Å². The van der Waals surface area contributed by atoms with Gasteiger partial charge in [0.1, 0.15) is 0 Å². The van der Waals surface area contributed by atoms with Crippen LogP contribution in [0.15, 0.2) is 18.2 Å². The molecule has 0 aliphatic rings. The van der Waals surface area contributed by atoms with Crippen LogP contribution in [-0.4, -0.2) is 38.6 Å². The number of hydrogen-bond acceptors (Lipinski definition) is 2. The van der Waals surface area contributed by atoms with Gasteiger partial charge in [0.15, 0.2) is 11.6 Å². The lowest BCUT2D eigenvalue weighted by molar-refractivity contribution is 0.400. The van der Waals surface area contributed by atoms with Gasteiger partial charge in [0.25, 0.3) is 0 Å². The fourth-order valence-electron chi connectivity index (χ4n) is 1.39. The first kappa shape index (κ1) is 13.1. The van der Waals surface area contributed by atoms with Crippen LogP contribution in [0.3, 0.4) is 0 Å². The molecule has 0 unspecified atom stereocenters. The molecule has 0 saturated carbocycles. The highest BCUT2D eigenvalue weighted by molar-refractivity contribution is 5.19. The van der Waals surface area contributed by atoms with E-state index in [2.05, 4.69) is 10.2 Å². The van der Waals surface area contributed by atoms with Crippen molar-refractivity contribution < 1.29 is 8.78 Å². The molecule has 0 spiro atoms. The zero-order chi connectivity index (χ0) is 12.0. The minimum atomic E-state index is -0.772. The molecule has 0 atom stereocenters. The maximum Gasteiger partial charge on any atom is 0.162 e. The van der Waals surface area contributed by atoms with E-state index >= 15 is 0 Å². The van der Waals surface area contributed by atoms with Gasteiger partial charge in [-0.25, -0.2) is 8.78 Å². The maximum atomic E-state index is 13.2. The van der Waals surface area contributed by atoms with Crippen LogP contribution in [0.1, 0.15) is 5.56 Å². The molecule has 1 aromatic rings. The number of hydrogen-bond donors (Lipinski definition) is 1. The molecule has 16 heavy (non-hydrogen) atoms. The molecule has 0 saturated heterocycles. The Morgan fingerprint density at radius 3 is 2.62 bits per heavy atom. The third kappa shape index (κ3) is 4.24. The molecule has 0 bridgehead atoms. The van der Waals surface area contributed by atoms with Gasteiger partial charge in [-0.2, -0.15) is 0 Å². The molecule has 0 radical (unpaired) electrons. The molecule has 0 aromatic heterocycles. The quantitative estimate of drug-likeness (QED) is 0.745. The zero-order valence-electron chi connectivity index (χ0n) is 9.76. The molecule has 4 heteroatoms. The van der Waals surface area contributed by atoms with E-state index in [1.54, 1.807) is 6.07 Å². The van der Waals surface area contributed by atoms with Crippen molar-refractivity contribution in [3.8, 4) is 0 Å². The highest BCUT2D eigenvalue weighted by Gasteiger charge is 2.06. The Morgan fingerprint density at radius 1 is 1.19 bits per heavy atom. The smallest absolute Gasteiger partial charge is 0.162 e. The maximum absolute atomic E-state index is 13.2. The monoisotopic (exact) mass is 228 g/mol. The van der Waals surface area contributed by atoms with Gasteiger partial charge >= 0.3 is 0 Å². The lowest BCUT2D eigenvalue weighted by Gasteiger charge is -2.10. The van der Waals surface area contributed by atoms with Gasteiger partial charge < -0.3 is 10.2 Å². The van der Waals surface area contributed by atoms with Crippen molar-refractivity contribution in [2.45, 2.75) is 6.42 Å². The summed E-state index contributed by atoms with van der Waals surface area (Å²) < 4.78 is 26.1. The van der Waals surface area contributed by atoms with Crippen LogP contribution in [0.5, 0.6) is 0 Å². The summed E-state index contributed by atoms with van der Waals surface area (Å²) in [5.41, 5.74) is 0.428. The van der Waals surface area contributed by atoms with Gasteiger partial charge in [0.2, 0.25) is 0 Å². The summed E-state index contributed by atoms with van der Waals surface area (Å²) in [5.74, 6) is -1.50. The van der Waals surface area contributed by atoms with E-state index in [0.717, 1.165) is 19.2 Å². The Balaban J connectivity index is 2.29. The van der Waals surface area contributed by atoms with E-state index in [9.17, 15) is 8.78 Å². The summed E-state index contributed by atoms with van der Waals surface area (Å²) in [6, 6.07) is 4.29. The van der Waals surface area contributed by atoms with Crippen LogP contribution in [0.4, 0.5) is 8.78 Å². The van der Waals surface area contributed by atoms with Crippen LogP contribution in [0.2, 0.25) is 0 Å². The molecule has 2 nitrogen and oxygen atoms in total. The highest BCUT2D eigenvalue weighted by atomic mass is 19.2. The fraction of sp³-hybridized carbons (Fsp3) is 0.500. The number of likely N-dealkylation sites (N-methyl/N-ethyl adjacent to an activating group) is 1. The second-order valence-corrected chi connectivity index (χ2v) is 4.02. The van der Waals surface area contributed by atoms with Crippen LogP contribution in [0, 0.1) is 11.6 Å². The highest BCUT2D eigenvalue weighted by Crippen LogP contribution is 2.11. The molecule has 1 N–H and O–H groups in total. The first-order chi connectivity index (χ1) is 7.61. The summed E-state index contributed by atoms with van der Waals surface area (Å²) >= 11 is 0. The number of halogens is 2. The lowest BCUT2D eigenvalue weighted by Crippen LogP contribution is -2.28. The summed E-state index contributed by atoms with van der Waals surface area (Å²) in [4.78, 5) is 2.07. The van der Waals surface area contributed by atoms with E-state index in [0.29, 0.717) is 18.5 Å². The SMILES string of the molecule is CN(C)CCNCCc1cccc(F)c1F. The van der Waals surface area contributed by atoms with Gasteiger partial charge in [-0.15, -0.1) is 0 Å². The average Bonchev–Trinajstić information content (AvgIpc) is 2.23. The van der Waals surface area contributed by atoms with E-state index in [4.69, 9.17) is 0 Å². The molecule has 0 heterocycles. The molecule has 0 aliphatic carbocycles. The molecule has 0 amide bonds. The van der Waals surface area contributed by atoms with Gasteiger partial charge in [-0.3, -0.25) is 0 Å². The first-order valence-corrected chi connectivity index (χ1v) is 5.39. The molecule has 1 aromatic carbocycles. The standard InChI is InChI=1S/C12H18F2N2/c1-16(2)9-8-15-7-6-10-4-3-5-11(13)12(10)14/h3-5,15H,6-9H2,1-2H3.